The zero-order valence-electron chi connectivity index (χ0n) is 11.5. The zero-order chi connectivity index (χ0) is 15.9. The molecule has 0 fully saturated rings. The average Bonchev–Trinajstić information content (AvgIpc) is 2.95. The van der Waals surface area contributed by atoms with E-state index in [0.29, 0.717) is 12.4 Å². The van der Waals surface area contributed by atoms with Gasteiger partial charge in [-0.25, -0.2) is 13.2 Å². The van der Waals surface area contributed by atoms with Crippen LogP contribution >= 0.6 is 0 Å². The van der Waals surface area contributed by atoms with Crippen LogP contribution in [0.15, 0.2) is 23.1 Å². The van der Waals surface area contributed by atoms with Crippen molar-refractivity contribution in [1.82, 2.24) is 10.2 Å². The van der Waals surface area contributed by atoms with Gasteiger partial charge in [0, 0.05) is 11.8 Å². The molecule has 3 rings (SSSR count). The van der Waals surface area contributed by atoms with Gasteiger partial charge in [0.25, 0.3) is 0 Å². The Labute approximate surface area is 125 Å². The predicted octanol–water partition coefficient (Wildman–Crippen LogP) is 0.950. The first-order chi connectivity index (χ1) is 10.4. The van der Waals surface area contributed by atoms with Crippen molar-refractivity contribution in [2.75, 3.05) is 19.5 Å². The third-order valence-corrected chi connectivity index (χ3v) is 4.27. The average molecular weight is 324 g/mol. The Morgan fingerprint density at radius 2 is 2.05 bits per heavy atom. The van der Waals surface area contributed by atoms with E-state index in [1.165, 1.54) is 12.1 Å². The van der Waals surface area contributed by atoms with Crippen molar-refractivity contribution in [2.24, 2.45) is 0 Å². The smallest absolute Gasteiger partial charge is 0.353 e. The summed E-state index contributed by atoms with van der Waals surface area (Å²) in [7, 11) is -3.64. The molecule has 0 radical (unpaired) electrons. The fraction of sp³-hybridized carbons (Fsp3) is 0.231. The van der Waals surface area contributed by atoms with E-state index >= 15 is 0 Å². The molecule has 2 heterocycles. The van der Waals surface area contributed by atoms with Crippen molar-refractivity contribution >= 4 is 15.8 Å². The number of H-pyrrole nitrogens is 1. The summed E-state index contributed by atoms with van der Waals surface area (Å²) < 4.78 is 35.1. The molecule has 0 aliphatic carbocycles. The summed E-state index contributed by atoms with van der Waals surface area (Å²) in [6, 6.07) is 4.36. The maximum atomic E-state index is 12.1. The van der Waals surface area contributed by atoms with Gasteiger partial charge in [-0.1, -0.05) is 0 Å². The number of sulfone groups is 1. The molecule has 0 bridgehead atoms. The highest BCUT2D eigenvalue weighted by atomic mass is 32.2. The second-order valence-electron chi connectivity index (χ2n) is 4.71. The number of nitrogens with zero attached hydrogens (tertiary/aromatic N) is 1. The number of aromatic carboxylic acids is 1. The number of fused-ring (bicyclic) bond motifs is 1. The molecule has 2 N–H and O–H groups in total. The van der Waals surface area contributed by atoms with Gasteiger partial charge in [0.05, 0.1) is 5.69 Å². The van der Waals surface area contributed by atoms with Crippen molar-refractivity contribution in [2.45, 2.75) is 4.90 Å². The molecule has 0 unspecified atom stereocenters. The van der Waals surface area contributed by atoms with E-state index in [9.17, 15) is 13.2 Å². The van der Waals surface area contributed by atoms with Crippen molar-refractivity contribution in [3.63, 3.8) is 0 Å². The Morgan fingerprint density at radius 1 is 1.32 bits per heavy atom. The van der Waals surface area contributed by atoms with E-state index in [1.54, 1.807) is 6.07 Å². The third-order valence-electron chi connectivity index (χ3n) is 3.12. The molecule has 0 atom stereocenters. The van der Waals surface area contributed by atoms with Gasteiger partial charge < -0.3 is 14.6 Å². The number of carboxylic acids is 1. The van der Waals surface area contributed by atoms with Crippen LogP contribution in [0.1, 0.15) is 10.5 Å². The predicted molar refractivity (Wildman–Crippen MR) is 75.1 cm³/mol. The summed E-state index contributed by atoms with van der Waals surface area (Å²) in [6.07, 6.45) is 1.05. The molecule has 9 heteroatoms. The summed E-state index contributed by atoms with van der Waals surface area (Å²) in [5.41, 5.74) is 0.328. The van der Waals surface area contributed by atoms with E-state index in [-0.39, 0.29) is 34.2 Å². The normalized spacial score (nSPS) is 13.9. The lowest BCUT2D eigenvalue weighted by Gasteiger charge is -2.21. The van der Waals surface area contributed by atoms with Gasteiger partial charge >= 0.3 is 5.97 Å². The van der Waals surface area contributed by atoms with Gasteiger partial charge in [-0.3, -0.25) is 5.10 Å². The second kappa shape index (κ2) is 5.02. The van der Waals surface area contributed by atoms with Crippen LogP contribution in [-0.2, 0) is 9.84 Å². The monoisotopic (exact) mass is 324 g/mol. The molecule has 0 saturated heterocycles. The van der Waals surface area contributed by atoms with E-state index in [1.807, 2.05) is 0 Å². The molecule has 1 aromatic carbocycles. The lowest BCUT2D eigenvalue weighted by atomic mass is 10.1. The summed E-state index contributed by atoms with van der Waals surface area (Å²) >= 11 is 0. The van der Waals surface area contributed by atoms with Gasteiger partial charge in [-0.15, -0.1) is 0 Å². The van der Waals surface area contributed by atoms with E-state index in [0.717, 1.165) is 6.26 Å². The highest BCUT2D eigenvalue weighted by Gasteiger charge is 2.28. The van der Waals surface area contributed by atoms with Crippen LogP contribution in [0.3, 0.4) is 0 Å². The van der Waals surface area contributed by atoms with Crippen LogP contribution in [0.25, 0.3) is 11.3 Å². The highest BCUT2D eigenvalue weighted by Crippen LogP contribution is 2.42. The number of rotatable bonds is 3. The molecule has 1 aromatic heterocycles. The number of carbonyl (C=O) groups is 1. The topological polar surface area (TPSA) is 119 Å². The van der Waals surface area contributed by atoms with Gasteiger partial charge in [-0.05, 0) is 18.2 Å². The number of aromatic nitrogens is 2. The van der Waals surface area contributed by atoms with E-state index < -0.39 is 15.8 Å². The molecular formula is C13H12N2O6S. The Kier molecular flexibility index (Phi) is 3.28. The van der Waals surface area contributed by atoms with Crippen LogP contribution in [0, 0.1) is 0 Å². The summed E-state index contributed by atoms with van der Waals surface area (Å²) in [5.74, 6) is -0.715. The lowest BCUT2D eigenvalue weighted by molar-refractivity contribution is 0.0690. The van der Waals surface area contributed by atoms with Crippen LogP contribution in [0.4, 0.5) is 0 Å². The Balaban J connectivity index is 2.25. The minimum atomic E-state index is -3.64. The van der Waals surface area contributed by atoms with Gasteiger partial charge in [0.15, 0.2) is 21.3 Å². The molecule has 8 nitrogen and oxygen atoms in total. The highest BCUT2D eigenvalue weighted by molar-refractivity contribution is 7.91. The number of carboxylic acid groups (broad SMARTS) is 1. The standard InChI is InChI=1S/C13H12N2O6S/c1-22(18,19)12-7(8-6-9(13(16)17)15-14-8)2-3-10-11(12)21-5-4-20-10/h2-3,6H,4-5H2,1H3,(H,14,15)(H,16,17). The quantitative estimate of drug-likeness (QED) is 0.862. The fourth-order valence-electron chi connectivity index (χ4n) is 2.23. The third kappa shape index (κ3) is 2.39. The van der Waals surface area contributed by atoms with Crippen LogP contribution in [0.2, 0.25) is 0 Å². The minimum absolute atomic E-state index is 0.0619. The SMILES string of the molecule is CS(=O)(=O)c1c(-c2cc(C(=O)O)[nH]n2)ccc2c1OCCO2. The molecule has 1 aliphatic rings. The number of benzene rings is 1. The maximum Gasteiger partial charge on any atom is 0.353 e. The van der Waals surface area contributed by atoms with Crippen molar-refractivity contribution in [1.29, 1.82) is 0 Å². The van der Waals surface area contributed by atoms with E-state index in [4.69, 9.17) is 14.6 Å². The number of nitrogens with one attached hydrogen (secondary N) is 1. The molecule has 116 valence electrons. The van der Waals surface area contributed by atoms with Crippen molar-refractivity contribution in [3.05, 3.63) is 23.9 Å². The first kappa shape index (κ1) is 14.4. The van der Waals surface area contributed by atoms with Gasteiger partial charge in [0.2, 0.25) is 0 Å². The van der Waals surface area contributed by atoms with Crippen LogP contribution in [-0.4, -0.2) is 49.2 Å². The largest absolute Gasteiger partial charge is 0.486 e. The maximum absolute atomic E-state index is 12.1. The minimum Gasteiger partial charge on any atom is -0.486 e. The Morgan fingerprint density at radius 3 is 2.68 bits per heavy atom. The molecule has 2 aromatic rings. The number of hydrogen-bond acceptors (Lipinski definition) is 6. The van der Waals surface area contributed by atoms with Crippen LogP contribution < -0.4 is 9.47 Å². The Bertz CT molecular complexity index is 855. The summed E-state index contributed by atoms with van der Waals surface area (Å²) in [4.78, 5) is 10.9. The summed E-state index contributed by atoms with van der Waals surface area (Å²) in [5, 5.41) is 15.1. The number of hydrogen-bond donors (Lipinski definition) is 2. The molecule has 0 spiro atoms. The second-order valence-corrected chi connectivity index (χ2v) is 6.66. The van der Waals surface area contributed by atoms with Crippen molar-refractivity contribution in [3.8, 4) is 22.8 Å². The lowest BCUT2D eigenvalue weighted by Crippen LogP contribution is -2.18. The number of ether oxygens (including phenoxy) is 2. The van der Waals surface area contributed by atoms with Gasteiger partial charge in [-0.2, -0.15) is 5.10 Å². The van der Waals surface area contributed by atoms with Gasteiger partial charge in [0.1, 0.15) is 23.8 Å². The zero-order valence-corrected chi connectivity index (χ0v) is 12.3. The summed E-state index contributed by atoms with van der Waals surface area (Å²) in [6.45, 7) is 0.570. The first-order valence-electron chi connectivity index (χ1n) is 6.29. The first-order valence-corrected chi connectivity index (χ1v) is 8.19. The van der Waals surface area contributed by atoms with E-state index in [2.05, 4.69) is 10.2 Å². The molecule has 22 heavy (non-hydrogen) atoms. The Hall–Kier alpha value is -2.55. The fourth-order valence-corrected chi connectivity index (χ4v) is 3.30. The molecular weight excluding hydrogens is 312 g/mol. The molecule has 1 aliphatic heterocycles. The molecule has 0 saturated carbocycles. The van der Waals surface area contributed by atoms with Crippen LogP contribution in [0.5, 0.6) is 11.5 Å². The van der Waals surface area contributed by atoms with Crippen molar-refractivity contribution < 1.29 is 27.8 Å². The number of aromatic amines is 1. The molecule has 0 amide bonds.